The summed E-state index contributed by atoms with van der Waals surface area (Å²) in [6, 6.07) is 0. The third-order valence-electron chi connectivity index (χ3n) is 2.02. The largest absolute Gasteiger partial charge is 0.380 e. The highest BCUT2D eigenvalue weighted by Gasteiger charge is 2.29. The summed E-state index contributed by atoms with van der Waals surface area (Å²) in [5.74, 6) is 3.98. The zero-order chi connectivity index (χ0) is 14.8. The van der Waals surface area contributed by atoms with Gasteiger partial charge in [-0.2, -0.15) is 0 Å². The van der Waals surface area contributed by atoms with Gasteiger partial charge in [-0.25, -0.2) is 0 Å². The number of carbonyl (C=O) groups is 2. The van der Waals surface area contributed by atoms with Gasteiger partial charge < -0.3 is 26.6 Å². The first kappa shape index (κ1) is 17.4. The van der Waals surface area contributed by atoms with Crippen molar-refractivity contribution < 1.29 is 19.8 Å². The molecule has 0 aliphatic carbocycles. The molecule has 19 heavy (non-hydrogen) atoms. The van der Waals surface area contributed by atoms with Crippen LogP contribution in [0.4, 0.5) is 0 Å². The number of carbonyl (C=O) groups excluding carboxylic acids is 2. The topological polar surface area (TPSA) is 125 Å². The van der Waals surface area contributed by atoms with E-state index < -0.39 is 24.0 Å². The lowest BCUT2D eigenvalue weighted by atomic mass is 10.1. The third-order valence-corrected chi connectivity index (χ3v) is 2.02. The molecule has 0 fully saturated rings. The predicted molar refractivity (Wildman–Crippen MR) is 69.7 cm³/mol. The van der Waals surface area contributed by atoms with Crippen LogP contribution in [0.2, 0.25) is 0 Å². The minimum atomic E-state index is -1.83. The second-order valence-electron chi connectivity index (χ2n) is 4.16. The summed E-state index contributed by atoms with van der Waals surface area (Å²) in [5, 5.41) is 23.5. The normalized spacial score (nSPS) is 13.2. The van der Waals surface area contributed by atoms with E-state index in [1.807, 2.05) is 13.8 Å². The Morgan fingerprint density at radius 2 is 1.68 bits per heavy atom. The maximum Gasteiger partial charge on any atom is 0.252 e. The maximum absolute atomic E-state index is 11.4. The first-order valence-electron chi connectivity index (χ1n) is 6.00. The summed E-state index contributed by atoms with van der Waals surface area (Å²) < 4.78 is 0. The van der Waals surface area contributed by atoms with Crippen LogP contribution >= 0.6 is 0 Å². The molecule has 0 aromatic carbocycles. The Morgan fingerprint density at radius 1 is 1.16 bits per heavy atom. The molecule has 6 N–H and O–H groups in total. The monoisotopic (exact) mass is 271 g/mol. The summed E-state index contributed by atoms with van der Waals surface area (Å²) >= 11 is 0. The van der Waals surface area contributed by atoms with E-state index in [2.05, 4.69) is 22.5 Å². The minimum absolute atomic E-state index is 0.0468. The van der Waals surface area contributed by atoms with Gasteiger partial charge in [-0.15, -0.1) is 0 Å². The Kier molecular flexibility index (Phi) is 8.53. The molecule has 0 heterocycles. The molecule has 0 radical (unpaired) electrons. The average molecular weight is 271 g/mol. The fraction of sp³-hybridized carbons (Fsp3) is 0.667. The molecule has 0 aliphatic heterocycles. The molecule has 2 atom stereocenters. The lowest BCUT2D eigenvalue weighted by molar-refractivity contribution is -0.145. The molecule has 2 amide bonds. The lowest BCUT2D eigenvalue weighted by Gasteiger charge is -2.16. The van der Waals surface area contributed by atoms with Crippen molar-refractivity contribution in [2.45, 2.75) is 26.1 Å². The van der Waals surface area contributed by atoms with Crippen LogP contribution in [0.3, 0.4) is 0 Å². The lowest BCUT2D eigenvalue weighted by Crippen LogP contribution is -2.50. The molecule has 0 aliphatic rings. The Labute approximate surface area is 112 Å². The van der Waals surface area contributed by atoms with E-state index in [1.165, 1.54) is 0 Å². The van der Waals surface area contributed by atoms with Gasteiger partial charge in [0.2, 0.25) is 0 Å². The summed E-state index contributed by atoms with van der Waals surface area (Å²) in [7, 11) is 0. The molecule has 0 spiro atoms. The number of amides is 2. The fourth-order valence-corrected chi connectivity index (χ4v) is 1.08. The molecule has 0 rings (SSSR count). The van der Waals surface area contributed by atoms with E-state index in [9.17, 15) is 19.8 Å². The van der Waals surface area contributed by atoms with Crippen LogP contribution in [0.25, 0.3) is 0 Å². The third kappa shape index (κ3) is 7.41. The first-order valence-corrected chi connectivity index (χ1v) is 6.00. The van der Waals surface area contributed by atoms with E-state index in [0.717, 1.165) is 0 Å². The number of nitrogens with two attached hydrogens (primary N) is 1. The molecule has 0 aromatic rings. The van der Waals surface area contributed by atoms with Crippen LogP contribution in [0.1, 0.15) is 13.8 Å². The molecular weight excluding hydrogens is 250 g/mol. The van der Waals surface area contributed by atoms with E-state index in [-0.39, 0.29) is 25.6 Å². The Hall–Kier alpha value is -1.62. The quantitative estimate of drug-likeness (QED) is 0.343. The Morgan fingerprint density at radius 3 is 2.16 bits per heavy atom. The zero-order valence-electron chi connectivity index (χ0n) is 11.1. The second-order valence-corrected chi connectivity index (χ2v) is 4.16. The van der Waals surface area contributed by atoms with Crippen LogP contribution < -0.4 is 16.4 Å². The van der Waals surface area contributed by atoms with Crippen LogP contribution in [-0.2, 0) is 9.59 Å². The highest BCUT2D eigenvalue weighted by atomic mass is 16.3. The van der Waals surface area contributed by atoms with Gasteiger partial charge in [0.05, 0.1) is 6.54 Å². The Balaban J connectivity index is 4.18. The molecule has 7 nitrogen and oxygen atoms in total. The van der Waals surface area contributed by atoms with Crippen LogP contribution in [0, 0.1) is 17.8 Å². The second kappa shape index (κ2) is 9.33. The molecule has 0 aromatic heterocycles. The van der Waals surface area contributed by atoms with Crippen molar-refractivity contribution in [3.63, 3.8) is 0 Å². The number of hydrogen-bond acceptors (Lipinski definition) is 5. The molecule has 7 heteroatoms. The SMILES string of the molecule is CC(C)C#CCNC(=O)C(O)C(O)C(=O)NCCN. The molecule has 108 valence electrons. The van der Waals surface area contributed by atoms with Gasteiger partial charge in [-0.05, 0) is 0 Å². The van der Waals surface area contributed by atoms with Gasteiger partial charge in [-0.3, -0.25) is 9.59 Å². The average Bonchev–Trinajstić information content (AvgIpc) is 2.38. The number of hydrogen-bond donors (Lipinski definition) is 5. The summed E-state index contributed by atoms with van der Waals surface area (Å²) in [6.07, 6.45) is -3.66. The van der Waals surface area contributed by atoms with Crippen LogP contribution in [0.5, 0.6) is 0 Å². The van der Waals surface area contributed by atoms with E-state index >= 15 is 0 Å². The highest BCUT2D eigenvalue weighted by Crippen LogP contribution is 1.94. The molecule has 2 unspecified atom stereocenters. The Bertz CT molecular complexity index is 360. The van der Waals surface area contributed by atoms with Gasteiger partial charge in [-0.1, -0.05) is 25.7 Å². The van der Waals surface area contributed by atoms with Gasteiger partial charge in [0.25, 0.3) is 11.8 Å². The van der Waals surface area contributed by atoms with Crippen LogP contribution in [0.15, 0.2) is 0 Å². The molecule has 0 saturated carbocycles. The number of aliphatic hydroxyl groups is 2. The standard InChI is InChI=1S/C12H21N3O4/c1-8(2)4-3-6-14-11(18)9(16)10(17)12(19)15-7-5-13/h8-10,16-17H,5-7,13H2,1-2H3,(H,14,18)(H,15,19). The molecule has 0 saturated heterocycles. The summed E-state index contributed by atoms with van der Waals surface area (Å²) in [6.45, 7) is 4.20. The van der Waals surface area contributed by atoms with Gasteiger partial charge in [0.1, 0.15) is 0 Å². The first-order chi connectivity index (χ1) is 8.90. The smallest absolute Gasteiger partial charge is 0.252 e. The molecule has 0 bridgehead atoms. The zero-order valence-corrected chi connectivity index (χ0v) is 11.1. The highest BCUT2D eigenvalue weighted by molar-refractivity contribution is 5.90. The molecular formula is C12H21N3O4. The van der Waals surface area contributed by atoms with Crippen molar-refractivity contribution in [1.82, 2.24) is 10.6 Å². The predicted octanol–water partition coefficient (Wildman–Crippen LogP) is -2.44. The van der Waals surface area contributed by atoms with Crippen molar-refractivity contribution in [1.29, 1.82) is 0 Å². The maximum atomic E-state index is 11.4. The van der Waals surface area contributed by atoms with Crippen LogP contribution in [-0.4, -0.2) is 53.9 Å². The minimum Gasteiger partial charge on any atom is -0.380 e. The van der Waals surface area contributed by atoms with Crippen molar-refractivity contribution in [3.8, 4) is 11.8 Å². The number of nitrogens with one attached hydrogen (secondary N) is 2. The van der Waals surface area contributed by atoms with Crippen molar-refractivity contribution in [2.24, 2.45) is 11.7 Å². The summed E-state index contributed by atoms with van der Waals surface area (Å²) in [4.78, 5) is 22.7. The van der Waals surface area contributed by atoms with Crippen molar-refractivity contribution in [2.75, 3.05) is 19.6 Å². The van der Waals surface area contributed by atoms with Gasteiger partial charge in [0.15, 0.2) is 12.2 Å². The number of aliphatic hydroxyl groups excluding tert-OH is 2. The fourth-order valence-electron chi connectivity index (χ4n) is 1.08. The van der Waals surface area contributed by atoms with Gasteiger partial charge in [0, 0.05) is 19.0 Å². The van der Waals surface area contributed by atoms with Crippen molar-refractivity contribution >= 4 is 11.8 Å². The number of rotatable bonds is 6. The van der Waals surface area contributed by atoms with Crippen molar-refractivity contribution in [3.05, 3.63) is 0 Å². The van der Waals surface area contributed by atoms with E-state index in [1.54, 1.807) is 0 Å². The summed E-state index contributed by atoms with van der Waals surface area (Å²) in [5.41, 5.74) is 5.16. The van der Waals surface area contributed by atoms with E-state index in [0.29, 0.717) is 0 Å². The van der Waals surface area contributed by atoms with Gasteiger partial charge >= 0.3 is 0 Å². The van der Waals surface area contributed by atoms with E-state index in [4.69, 9.17) is 5.73 Å².